The second-order valence-corrected chi connectivity index (χ2v) is 5.12. The molecule has 0 radical (unpaired) electrons. The van der Waals surface area contributed by atoms with Crippen LogP contribution in [0, 0.1) is 5.92 Å². The third-order valence-electron chi connectivity index (χ3n) is 3.24. The largest absolute Gasteiger partial charge is 0.480 e. The highest BCUT2D eigenvalue weighted by Gasteiger charge is 2.30. The molecule has 1 aromatic rings. The molecule has 0 spiro atoms. The summed E-state index contributed by atoms with van der Waals surface area (Å²) in [5, 5.41) is 11.6. The first kappa shape index (κ1) is 14.5. The van der Waals surface area contributed by atoms with E-state index >= 15 is 0 Å². The first-order valence-corrected chi connectivity index (χ1v) is 6.79. The molecule has 20 heavy (non-hydrogen) atoms. The van der Waals surface area contributed by atoms with Gasteiger partial charge in [-0.3, -0.25) is 4.79 Å². The lowest BCUT2D eigenvalue weighted by Crippen LogP contribution is -2.42. The molecule has 0 saturated heterocycles. The van der Waals surface area contributed by atoms with E-state index in [0.29, 0.717) is 18.9 Å². The van der Waals surface area contributed by atoms with Gasteiger partial charge in [0.15, 0.2) is 0 Å². The van der Waals surface area contributed by atoms with E-state index in [1.807, 2.05) is 30.3 Å². The molecular weight excluding hydrogens is 258 g/mol. The molecule has 1 atom stereocenters. The standard InChI is InChI=1S/C15H19NO4/c17-14(10-20-9-12-4-2-1-3-5-12)16-13(15(18)19)8-11-6-7-11/h1-5,11,13H,6-10H2,(H,16,17)(H,18,19)/t13-/m0/s1. The fraction of sp³-hybridized carbons (Fsp3) is 0.467. The molecule has 0 aliphatic heterocycles. The van der Waals surface area contributed by atoms with Crippen LogP contribution >= 0.6 is 0 Å². The van der Waals surface area contributed by atoms with Crippen LogP contribution in [0.25, 0.3) is 0 Å². The van der Waals surface area contributed by atoms with Crippen LogP contribution in [0.2, 0.25) is 0 Å². The Morgan fingerprint density at radius 1 is 1.30 bits per heavy atom. The maximum Gasteiger partial charge on any atom is 0.326 e. The topological polar surface area (TPSA) is 75.6 Å². The predicted octanol–water partition coefficient (Wildman–Crippen LogP) is 1.57. The summed E-state index contributed by atoms with van der Waals surface area (Å²) < 4.78 is 5.28. The third-order valence-corrected chi connectivity index (χ3v) is 3.24. The number of hydrogen-bond acceptors (Lipinski definition) is 3. The highest BCUT2D eigenvalue weighted by Crippen LogP contribution is 2.33. The molecule has 2 rings (SSSR count). The summed E-state index contributed by atoms with van der Waals surface area (Å²) in [5.41, 5.74) is 0.980. The van der Waals surface area contributed by atoms with Gasteiger partial charge in [0.25, 0.3) is 0 Å². The molecule has 1 fully saturated rings. The van der Waals surface area contributed by atoms with E-state index in [-0.39, 0.29) is 12.5 Å². The summed E-state index contributed by atoms with van der Waals surface area (Å²) in [5.74, 6) is -0.913. The predicted molar refractivity (Wildman–Crippen MR) is 73.0 cm³/mol. The highest BCUT2D eigenvalue weighted by molar-refractivity contribution is 5.84. The Balaban J connectivity index is 1.69. The lowest BCUT2D eigenvalue weighted by atomic mass is 10.1. The molecule has 0 heterocycles. The molecule has 5 heteroatoms. The van der Waals surface area contributed by atoms with E-state index in [4.69, 9.17) is 9.84 Å². The molecule has 1 aliphatic rings. The average molecular weight is 277 g/mol. The van der Waals surface area contributed by atoms with Crippen molar-refractivity contribution in [3.8, 4) is 0 Å². The van der Waals surface area contributed by atoms with Crippen LogP contribution in [0.5, 0.6) is 0 Å². The van der Waals surface area contributed by atoms with Gasteiger partial charge < -0.3 is 15.2 Å². The van der Waals surface area contributed by atoms with Gasteiger partial charge in [-0.15, -0.1) is 0 Å². The van der Waals surface area contributed by atoms with Gasteiger partial charge in [0.05, 0.1) is 6.61 Å². The van der Waals surface area contributed by atoms with Crippen LogP contribution in [0.15, 0.2) is 30.3 Å². The number of aliphatic carboxylic acids is 1. The quantitative estimate of drug-likeness (QED) is 0.756. The molecule has 1 saturated carbocycles. The first-order valence-electron chi connectivity index (χ1n) is 6.79. The van der Waals surface area contributed by atoms with Crippen LogP contribution in [0.1, 0.15) is 24.8 Å². The number of carboxylic acid groups (broad SMARTS) is 1. The second kappa shape index (κ2) is 7.05. The molecule has 1 aromatic carbocycles. The van der Waals surface area contributed by atoms with Crippen molar-refractivity contribution in [1.29, 1.82) is 0 Å². The van der Waals surface area contributed by atoms with E-state index < -0.39 is 12.0 Å². The normalized spacial score (nSPS) is 15.6. The van der Waals surface area contributed by atoms with Crippen molar-refractivity contribution in [2.45, 2.75) is 31.9 Å². The van der Waals surface area contributed by atoms with E-state index in [0.717, 1.165) is 18.4 Å². The Labute approximate surface area is 117 Å². The first-order chi connectivity index (χ1) is 9.65. The van der Waals surface area contributed by atoms with Crippen LogP contribution in [-0.4, -0.2) is 29.6 Å². The molecule has 0 bridgehead atoms. The van der Waals surface area contributed by atoms with Gasteiger partial charge >= 0.3 is 5.97 Å². The van der Waals surface area contributed by atoms with Gasteiger partial charge in [-0.1, -0.05) is 43.2 Å². The highest BCUT2D eigenvalue weighted by atomic mass is 16.5. The number of benzene rings is 1. The minimum absolute atomic E-state index is 0.122. The van der Waals surface area contributed by atoms with Gasteiger partial charge in [0.2, 0.25) is 5.91 Å². The van der Waals surface area contributed by atoms with Crippen LogP contribution in [-0.2, 0) is 20.9 Å². The number of carbonyl (C=O) groups excluding carboxylic acids is 1. The lowest BCUT2D eigenvalue weighted by molar-refractivity contribution is -0.143. The summed E-state index contributed by atoms with van der Waals surface area (Å²) in [4.78, 5) is 22.7. The van der Waals surface area contributed by atoms with E-state index in [9.17, 15) is 9.59 Å². The SMILES string of the molecule is O=C(COCc1ccccc1)N[C@@H](CC1CC1)C(=O)O. The Kier molecular flexibility index (Phi) is 5.12. The number of hydrogen-bond donors (Lipinski definition) is 2. The molecule has 2 N–H and O–H groups in total. The molecule has 1 aliphatic carbocycles. The van der Waals surface area contributed by atoms with Crippen molar-refractivity contribution in [3.63, 3.8) is 0 Å². The minimum atomic E-state index is -0.978. The number of carbonyl (C=O) groups is 2. The van der Waals surface area contributed by atoms with Gasteiger partial charge in [0, 0.05) is 0 Å². The third kappa shape index (κ3) is 5.01. The zero-order valence-corrected chi connectivity index (χ0v) is 11.2. The molecular formula is C15H19NO4. The molecule has 0 unspecified atom stereocenters. The molecule has 0 aromatic heterocycles. The number of carboxylic acids is 1. The number of ether oxygens (including phenoxy) is 1. The number of amides is 1. The zero-order chi connectivity index (χ0) is 14.4. The Morgan fingerprint density at radius 2 is 2.00 bits per heavy atom. The summed E-state index contributed by atoms with van der Waals surface area (Å²) in [6.45, 7) is 0.220. The van der Waals surface area contributed by atoms with Crippen LogP contribution in [0.4, 0.5) is 0 Å². The zero-order valence-electron chi connectivity index (χ0n) is 11.2. The summed E-state index contributed by atoms with van der Waals surface area (Å²) in [6, 6.07) is 8.72. The van der Waals surface area contributed by atoms with Crippen molar-refractivity contribution >= 4 is 11.9 Å². The number of nitrogens with one attached hydrogen (secondary N) is 1. The smallest absolute Gasteiger partial charge is 0.326 e. The van der Waals surface area contributed by atoms with Crippen molar-refractivity contribution in [3.05, 3.63) is 35.9 Å². The number of rotatable bonds is 8. The summed E-state index contributed by atoms with van der Waals surface area (Å²) >= 11 is 0. The summed E-state index contributed by atoms with van der Waals surface area (Å²) in [7, 11) is 0. The Bertz CT molecular complexity index is 456. The van der Waals surface area contributed by atoms with Gasteiger partial charge in [0.1, 0.15) is 12.6 Å². The monoisotopic (exact) mass is 277 g/mol. The van der Waals surface area contributed by atoms with Crippen LogP contribution in [0.3, 0.4) is 0 Å². The van der Waals surface area contributed by atoms with Crippen molar-refractivity contribution in [1.82, 2.24) is 5.32 Å². The van der Waals surface area contributed by atoms with Crippen molar-refractivity contribution in [2.75, 3.05) is 6.61 Å². The van der Waals surface area contributed by atoms with E-state index in [2.05, 4.69) is 5.32 Å². The molecule has 5 nitrogen and oxygen atoms in total. The summed E-state index contributed by atoms with van der Waals surface area (Å²) in [6.07, 6.45) is 2.63. The average Bonchev–Trinajstić information content (AvgIpc) is 3.23. The minimum Gasteiger partial charge on any atom is -0.480 e. The van der Waals surface area contributed by atoms with Crippen molar-refractivity contribution in [2.24, 2.45) is 5.92 Å². The van der Waals surface area contributed by atoms with E-state index in [1.165, 1.54) is 0 Å². The van der Waals surface area contributed by atoms with Gasteiger partial charge in [-0.2, -0.15) is 0 Å². The van der Waals surface area contributed by atoms with Crippen molar-refractivity contribution < 1.29 is 19.4 Å². The second-order valence-electron chi connectivity index (χ2n) is 5.12. The van der Waals surface area contributed by atoms with Gasteiger partial charge in [-0.25, -0.2) is 4.79 Å². The maximum atomic E-state index is 11.7. The van der Waals surface area contributed by atoms with E-state index in [1.54, 1.807) is 0 Å². The molecule has 108 valence electrons. The molecule has 1 amide bonds. The maximum absolute atomic E-state index is 11.7. The Morgan fingerprint density at radius 3 is 2.60 bits per heavy atom. The fourth-order valence-electron chi connectivity index (χ4n) is 1.98. The fourth-order valence-corrected chi connectivity index (χ4v) is 1.98. The van der Waals surface area contributed by atoms with Crippen LogP contribution < -0.4 is 5.32 Å². The van der Waals surface area contributed by atoms with Gasteiger partial charge in [-0.05, 0) is 17.9 Å². The lowest BCUT2D eigenvalue weighted by Gasteiger charge is -2.14. The Hall–Kier alpha value is -1.88.